The van der Waals surface area contributed by atoms with Crippen LogP contribution in [0, 0.1) is 11.6 Å². The molecule has 0 fully saturated rings. The molecule has 0 N–H and O–H groups in total. The van der Waals surface area contributed by atoms with Crippen LogP contribution in [0.1, 0.15) is 6.92 Å². The second-order valence-corrected chi connectivity index (χ2v) is 7.29. The highest BCUT2D eigenvalue weighted by molar-refractivity contribution is 8.00. The van der Waals surface area contributed by atoms with E-state index in [2.05, 4.69) is 0 Å². The van der Waals surface area contributed by atoms with Gasteiger partial charge >= 0.3 is 0 Å². The van der Waals surface area contributed by atoms with E-state index in [1.165, 1.54) is 6.07 Å². The summed E-state index contributed by atoms with van der Waals surface area (Å²) >= 11 is 1.15. The largest absolute Gasteiger partial charge is 0.268 e. The first-order valence-corrected chi connectivity index (χ1v) is 7.66. The fourth-order valence-electron chi connectivity index (χ4n) is 1.71. The molecule has 0 unspecified atom stereocenters. The molecule has 1 aromatic rings. The lowest BCUT2D eigenvalue weighted by Crippen LogP contribution is -2.38. The van der Waals surface area contributed by atoms with E-state index in [0.717, 1.165) is 28.4 Å². The Morgan fingerprint density at radius 1 is 1.41 bits per heavy atom. The highest BCUT2D eigenvalue weighted by Gasteiger charge is 2.31. The van der Waals surface area contributed by atoms with Crippen molar-refractivity contribution >= 4 is 27.5 Å². The molecule has 0 saturated carbocycles. The van der Waals surface area contributed by atoms with E-state index in [1.54, 1.807) is 6.92 Å². The van der Waals surface area contributed by atoms with Crippen molar-refractivity contribution in [1.82, 2.24) is 0 Å². The SMILES string of the molecule is C[C@H]1CN(S(C)(=O)=O)c2ccc(F)c(F)c2S1. The summed E-state index contributed by atoms with van der Waals surface area (Å²) in [5.41, 5.74) is 0.217. The third kappa shape index (κ3) is 2.26. The first-order chi connectivity index (χ1) is 7.80. The molecular weight excluding hydrogens is 268 g/mol. The average Bonchev–Trinajstić information content (AvgIpc) is 2.22. The predicted octanol–water partition coefficient (Wildman–Crippen LogP) is 2.23. The van der Waals surface area contributed by atoms with Crippen molar-refractivity contribution in [2.45, 2.75) is 17.1 Å². The number of anilines is 1. The van der Waals surface area contributed by atoms with Gasteiger partial charge in [-0.05, 0) is 12.1 Å². The van der Waals surface area contributed by atoms with Gasteiger partial charge < -0.3 is 0 Å². The van der Waals surface area contributed by atoms with Crippen molar-refractivity contribution in [1.29, 1.82) is 0 Å². The number of benzene rings is 1. The van der Waals surface area contributed by atoms with Crippen molar-refractivity contribution in [2.75, 3.05) is 17.1 Å². The van der Waals surface area contributed by atoms with Crippen LogP contribution in [0.3, 0.4) is 0 Å². The van der Waals surface area contributed by atoms with Gasteiger partial charge in [-0.1, -0.05) is 6.92 Å². The number of fused-ring (bicyclic) bond motifs is 1. The van der Waals surface area contributed by atoms with Gasteiger partial charge in [-0.3, -0.25) is 4.31 Å². The Balaban J connectivity index is 2.63. The third-order valence-electron chi connectivity index (χ3n) is 2.44. The van der Waals surface area contributed by atoms with Crippen molar-refractivity contribution < 1.29 is 17.2 Å². The van der Waals surface area contributed by atoms with Gasteiger partial charge in [0.15, 0.2) is 11.6 Å². The lowest BCUT2D eigenvalue weighted by atomic mass is 10.2. The van der Waals surface area contributed by atoms with Gasteiger partial charge in [-0.25, -0.2) is 17.2 Å². The van der Waals surface area contributed by atoms with Crippen LogP contribution >= 0.6 is 11.8 Å². The topological polar surface area (TPSA) is 37.4 Å². The normalized spacial score (nSPS) is 20.2. The number of hydrogen-bond acceptors (Lipinski definition) is 3. The number of hydrogen-bond donors (Lipinski definition) is 0. The van der Waals surface area contributed by atoms with Crippen LogP contribution in [0.15, 0.2) is 17.0 Å². The summed E-state index contributed by atoms with van der Waals surface area (Å²) in [6.45, 7) is 2.04. The van der Waals surface area contributed by atoms with Gasteiger partial charge in [0.25, 0.3) is 0 Å². The zero-order valence-electron chi connectivity index (χ0n) is 9.28. The standard InChI is InChI=1S/C10H11F2NO2S2/c1-6-5-13(17(2,14)15)8-4-3-7(11)9(12)10(8)16-6/h3-4,6H,5H2,1-2H3/t6-/m0/s1. The zero-order valence-corrected chi connectivity index (χ0v) is 10.9. The van der Waals surface area contributed by atoms with Crippen LogP contribution in [0.5, 0.6) is 0 Å². The molecule has 0 amide bonds. The van der Waals surface area contributed by atoms with Crippen LogP contribution in [0.4, 0.5) is 14.5 Å². The highest BCUT2D eigenvalue weighted by Crippen LogP contribution is 2.41. The first-order valence-electron chi connectivity index (χ1n) is 4.93. The number of rotatable bonds is 1. The molecule has 1 atom stereocenters. The van der Waals surface area contributed by atoms with Gasteiger partial charge in [-0.2, -0.15) is 0 Å². The Hall–Kier alpha value is -0.820. The van der Waals surface area contributed by atoms with E-state index in [4.69, 9.17) is 0 Å². The van der Waals surface area contributed by atoms with Gasteiger partial charge in [-0.15, -0.1) is 11.8 Å². The molecule has 0 radical (unpaired) electrons. The second-order valence-electron chi connectivity index (χ2n) is 3.93. The summed E-state index contributed by atoms with van der Waals surface area (Å²) in [7, 11) is -3.47. The fraction of sp³-hybridized carbons (Fsp3) is 0.400. The summed E-state index contributed by atoms with van der Waals surface area (Å²) < 4.78 is 51.0. The quantitative estimate of drug-likeness (QED) is 0.791. The molecule has 17 heavy (non-hydrogen) atoms. The molecule has 0 bridgehead atoms. The number of nitrogens with zero attached hydrogens (tertiary/aromatic N) is 1. The van der Waals surface area contributed by atoms with E-state index in [1.807, 2.05) is 0 Å². The predicted molar refractivity (Wildman–Crippen MR) is 63.9 cm³/mol. The maximum atomic E-state index is 13.6. The second kappa shape index (κ2) is 4.13. The first kappa shape index (κ1) is 12.6. The fourth-order valence-corrected chi connectivity index (χ4v) is 4.00. The lowest BCUT2D eigenvalue weighted by Gasteiger charge is -2.32. The zero-order chi connectivity index (χ0) is 12.8. The minimum atomic E-state index is -3.47. The summed E-state index contributed by atoms with van der Waals surface area (Å²) in [5.74, 6) is -1.94. The minimum Gasteiger partial charge on any atom is -0.268 e. The van der Waals surface area contributed by atoms with Crippen LogP contribution < -0.4 is 4.31 Å². The van der Waals surface area contributed by atoms with Crippen molar-refractivity contribution in [2.24, 2.45) is 0 Å². The monoisotopic (exact) mass is 279 g/mol. The number of thioether (sulfide) groups is 1. The van der Waals surface area contributed by atoms with Crippen LogP contribution in [-0.4, -0.2) is 26.5 Å². The molecule has 0 aromatic heterocycles. The molecule has 1 heterocycles. The van der Waals surface area contributed by atoms with Crippen LogP contribution in [-0.2, 0) is 10.0 Å². The van der Waals surface area contributed by atoms with Crippen molar-refractivity contribution in [3.8, 4) is 0 Å². The van der Waals surface area contributed by atoms with Gasteiger partial charge in [0.1, 0.15) is 0 Å². The summed E-state index contributed by atoms with van der Waals surface area (Å²) in [5, 5.41) is -0.117. The Kier molecular flexibility index (Phi) is 3.07. The molecule has 2 rings (SSSR count). The molecule has 0 aliphatic carbocycles. The third-order valence-corrected chi connectivity index (χ3v) is 4.76. The lowest BCUT2D eigenvalue weighted by molar-refractivity contribution is 0.490. The van der Waals surface area contributed by atoms with E-state index in [-0.39, 0.29) is 22.4 Å². The van der Waals surface area contributed by atoms with E-state index < -0.39 is 21.7 Å². The average molecular weight is 279 g/mol. The molecule has 1 aliphatic rings. The molecule has 7 heteroatoms. The van der Waals surface area contributed by atoms with Crippen molar-refractivity contribution in [3.63, 3.8) is 0 Å². The van der Waals surface area contributed by atoms with Gasteiger partial charge in [0.2, 0.25) is 10.0 Å². The maximum Gasteiger partial charge on any atom is 0.232 e. The van der Waals surface area contributed by atoms with Crippen molar-refractivity contribution in [3.05, 3.63) is 23.8 Å². The Labute approximate surface area is 103 Å². The van der Waals surface area contributed by atoms with E-state index in [0.29, 0.717) is 0 Å². The molecule has 0 spiro atoms. The molecule has 1 aliphatic heterocycles. The summed E-state index contributed by atoms with van der Waals surface area (Å²) in [6, 6.07) is 2.25. The smallest absolute Gasteiger partial charge is 0.232 e. The molecular formula is C10H11F2NO2S2. The number of halogens is 2. The van der Waals surface area contributed by atoms with E-state index in [9.17, 15) is 17.2 Å². The Morgan fingerprint density at radius 2 is 2.06 bits per heavy atom. The highest BCUT2D eigenvalue weighted by atomic mass is 32.2. The molecule has 1 aromatic carbocycles. The minimum absolute atomic E-state index is 0.0641. The molecule has 94 valence electrons. The van der Waals surface area contributed by atoms with Gasteiger partial charge in [0, 0.05) is 11.8 Å². The van der Waals surface area contributed by atoms with E-state index >= 15 is 0 Å². The molecule has 0 saturated heterocycles. The number of sulfonamides is 1. The maximum absolute atomic E-state index is 13.6. The summed E-state index contributed by atoms with van der Waals surface area (Å²) in [6.07, 6.45) is 1.06. The van der Waals surface area contributed by atoms with Crippen LogP contribution in [0.2, 0.25) is 0 Å². The van der Waals surface area contributed by atoms with Gasteiger partial charge in [0.05, 0.1) is 16.8 Å². The Bertz CT molecular complexity index is 560. The van der Waals surface area contributed by atoms with Crippen LogP contribution in [0.25, 0.3) is 0 Å². The Morgan fingerprint density at radius 3 is 2.65 bits per heavy atom. The summed E-state index contributed by atoms with van der Waals surface area (Å²) in [4.78, 5) is 0.0641. The molecule has 3 nitrogen and oxygen atoms in total.